The highest BCUT2D eigenvalue weighted by atomic mass is 16.7. The third-order valence-corrected chi connectivity index (χ3v) is 3.91. The fourth-order valence-electron chi connectivity index (χ4n) is 2.36. The normalized spacial score (nSPS) is 11.9. The van der Waals surface area contributed by atoms with Crippen molar-refractivity contribution in [2.45, 2.75) is 20.4 Å². The molecule has 0 atom stereocenters. The van der Waals surface area contributed by atoms with Gasteiger partial charge in [0.25, 0.3) is 0 Å². The number of urea groups is 1. The Morgan fingerprint density at radius 3 is 2.83 bits per heavy atom. The predicted molar refractivity (Wildman–Crippen MR) is 89.3 cm³/mol. The van der Waals surface area contributed by atoms with Crippen molar-refractivity contribution in [2.24, 2.45) is 0 Å². The molecular weight excluding hydrogens is 308 g/mol. The van der Waals surface area contributed by atoms with Crippen molar-refractivity contribution in [1.29, 1.82) is 0 Å². The van der Waals surface area contributed by atoms with Gasteiger partial charge in [-0.05, 0) is 48.7 Å². The molecule has 6 nitrogen and oxygen atoms in total. The molecule has 2 amide bonds. The first-order valence-electron chi connectivity index (χ1n) is 7.73. The monoisotopic (exact) mass is 328 g/mol. The molecule has 1 aliphatic rings. The van der Waals surface area contributed by atoms with E-state index in [1.165, 1.54) is 0 Å². The number of benzene rings is 2. The molecule has 0 aromatic heterocycles. The third kappa shape index (κ3) is 3.71. The molecule has 0 bridgehead atoms. The summed E-state index contributed by atoms with van der Waals surface area (Å²) in [6.07, 6.45) is 0. The lowest BCUT2D eigenvalue weighted by atomic mass is 10.1. The van der Waals surface area contributed by atoms with Crippen LogP contribution in [-0.4, -0.2) is 19.6 Å². The van der Waals surface area contributed by atoms with Crippen LogP contribution in [0.1, 0.15) is 16.7 Å². The molecule has 0 radical (unpaired) electrons. The third-order valence-electron chi connectivity index (χ3n) is 3.91. The van der Waals surface area contributed by atoms with Crippen LogP contribution in [-0.2, 0) is 6.54 Å². The number of ether oxygens (including phenoxy) is 3. The zero-order chi connectivity index (χ0) is 16.9. The summed E-state index contributed by atoms with van der Waals surface area (Å²) in [6.45, 7) is 4.75. The lowest BCUT2D eigenvalue weighted by Crippen LogP contribution is -2.37. The lowest BCUT2D eigenvalue weighted by molar-refractivity contribution is 0.174. The summed E-state index contributed by atoms with van der Waals surface area (Å²) < 4.78 is 16.2. The van der Waals surface area contributed by atoms with Crippen molar-refractivity contribution in [3.8, 4) is 17.2 Å². The van der Waals surface area contributed by atoms with Gasteiger partial charge in [-0.25, -0.2) is 4.79 Å². The van der Waals surface area contributed by atoms with E-state index in [1.807, 2.05) is 50.2 Å². The number of carbonyl (C=O) groups excluding carboxylic acids is 1. The molecule has 0 aliphatic carbocycles. The second kappa shape index (κ2) is 7.12. The van der Waals surface area contributed by atoms with Gasteiger partial charge in [0.15, 0.2) is 18.2 Å². The Labute approximate surface area is 140 Å². The fourth-order valence-corrected chi connectivity index (χ4v) is 2.36. The van der Waals surface area contributed by atoms with Gasteiger partial charge < -0.3 is 24.8 Å². The summed E-state index contributed by atoms with van der Waals surface area (Å²) in [5.74, 6) is 2.20. The highest BCUT2D eigenvalue weighted by molar-refractivity contribution is 5.73. The van der Waals surface area contributed by atoms with E-state index in [-0.39, 0.29) is 19.6 Å². The van der Waals surface area contributed by atoms with Crippen LogP contribution < -0.4 is 24.8 Å². The van der Waals surface area contributed by atoms with Crippen molar-refractivity contribution < 1.29 is 19.0 Å². The van der Waals surface area contributed by atoms with E-state index in [0.717, 1.165) is 28.2 Å². The smallest absolute Gasteiger partial charge is 0.317 e. The van der Waals surface area contributed by atoms with E-state index in [2.05, 4.69) is 10.6 Å². The maximum Gasteiger partial charge on any atom is 0.317 e. The number of aryl methyl sites for hydroxylation is 1. The van der Waals surface area contributed by atoms with Crippen LogP contribution in [0.3, 0.4) is 0 Å². The number of fused-ring (bicyclic) bond motifs is 1. The first-order valence-corrected chi connectivity index (χ1v) is 7.73. The molecule has 0 saturated heterocycles. The van der Waals surface area contributed by atoms with Gasteiger partial charge in [-0.3, -0.25) is 0 Å². The highest BCUT2D eigenvalue weighted by Crippen LogP contribution is 2.32. The molecule has 24 heavy (non-hydrogen) atoms. The average molecular weight is 328 g/mol. The topological polar surface area (TPSA) is 68.8 Å². The zero-order valence-corrected chi connectivity index (χ0v) is 13.7. The molecule has 0 unspecified atom stereocenters. The molecular formula is C18H20N2O4. The summed E-state index contributed by atoms with van der Waals surface area (Å²) in [5.41, 5.74) is 3.16. The van der Waals surface area contributed by atoms with Gasteiger partial charge in [0, 0.05) is 6.54 Å². The van der Waals surface area contributed by atoms with Crippen LogP contribution in [0.25, 0.3) is 0 Å². The molecule has 0 spiro atoms. The van der Waals surface area contributed by atoms with Crippen molar-refractivity contribution >= 4 is 6.03 Å². The molecule has 6 heteroatoms. The van der Waals surface area contributed by atoms with Crippen LogP contribution in [0.15, 0.2) is 36.4 Å². The minimum atomic E-state index is -0.294. The number of hydrogen-bond donors (Lipinski definition) is 2. The van der Waals surface area contributed by atoms with Crippen molar-refractivity contribution in [1.82, 2.24) is 10.6 Å². The van der Waals surface area contributed by atoms with E-state index in [9.17, 15) is 4.79 Å². The predicted octanol–water partition coefficient (Wildman–Crippen LogP) is 2.87. The summed E-state index contributed by atoms with van der Waals surface area (Å²) in [4.78, 5) is 11.8. The number of carbonyl (C=O) groups is 1. The first kappa shape index (κ1) is 16.0. The summed E-state index contributed by atoms with van der Waals surface area (Å²) >= 11 is 0. The Morgan fingerprint density at radius 2 is 1.96 bits per heavy atom. The second-order valence-corrected chi connectivity index (χ2v) is 5.53. The van der Waals surface area contributed by atoms with Gasteiger partial charge >= 0.3 is 6.03 Å². The van der Waals surface area contributed by atoms with Gasteiger partial charge in [-0.1, -0.05) is 18.2 Å². The summed E-state index contributed by atoms with van der Waals surface area (Å²) in [5, 5.41) is 5.45. The quantitative estimate of drug-likeness (QED) is 0.828. The van der Waals surface area contributed by atoms with Crippen molar-refractivity contribution in [2.75, 3.05) is 13.5 Å². The van der Waals surface area contributed by atoms with E-state index < -0.39 is 0 Å². The number of rotatable bonds is 5. The standard InChI is InChI=1S/C18H20N2O4/c1-12-4-3-5-15(13(12)2)22-10-20-18(21)19-9-14-6-7-16-17(8-14)24-11-23-16/h3-8H,9-11H2,1-2H3,(H2,19,20,21). The van der Waals surface area contributed by atoms with E-state index in [0.29, 0.717) is 12.3 Å². The summed E-state index contributed by atoms with van der Waals surface area (Å²) in [7, 11) is 0. The Bertz CT molecular complexity index is 746. The Hall–Kier alpha value is -2.89. The average Bonchev–Trinajstić information content (AvgIpc) is 3.04. The summed E-state index contributed by atoms with van der Waals surface area (Å²) in [6, 6.07) is 11.1. The maximum absolute atomic E-state index is 11.8. The van der Waals surface area contributed by atoms with Gasteiger partial charge in [0.2, 0.25) is 6.79 Å². The Kier molecular flexibility index (Phi) is 4.74. The van der Waals surface area contributed by atoms with Crippen molar-refractivity contribution in [3.63, 3.8) is 0 Å². The van der Waals surface area contributed by atoms with Crippen LogP contribution in [0.5, 0.6) is 17.2 Å². The van der Waals surface area contributed by atoms with Crippen LogP contribution in [0.2, 0.25) is 0 Å². The second-order valence-electron chi connectivity index (χ2n) is 5.53. The Balaban J connectivity index is 1.44. The lowest BCUT2D eigenvalue weighted by Gasteiger charge is -2.12. The SMILES string of the molecule is Cc1cccc(OCNC(=O)NCc2ccc3c(c2)OCO3)c1C. The van der Waals surface area contributed by atoms with Gasteiger partial charge in [-0.15, -0.1) is 0 Å². The first-order chi connectivity index (χ1) is 11.6. The molecule has 2 N–H and O–H groups in total. The van der Waals surface area contributed by atoms with Gasteiger partial charge in [0.05, 0.1) is 0 Å². The zero-order valence-electron chi connectivity index (χ0n) is 13.7. The minimum absolute atomic E-state index is 0.108. The van der Waals surface area contributed by atoms with Crippen LogP contribution in [0.4, 0.5) is 4.79 Å². The largest absolute Gasteiger partial charge is 0.473 e. The molecule has 0 saturated carbocycles. The van der Waals surface area contributed by atoms with Crippen molar-refractivity contribution in [3.05, 3.63) is 53.1 Å². The fraction of sp³-hybridized carbons (Fsp3) is 0.278. The molecule has 3 rings (SSSR count). The molecule has 126 valence electrons. The molecule has 1 aliphatic heterocycles. The number of amides is 2. The Morgan fingerprint density at radius 1 is 1.12 bits per heavy atom. The van der Waals surface area contributed by atoms with E-state index in [1.54, 1.807) is 0 Å². The van der Waals surface area contributed by atoms with E-state index in [4.69, 9.17) is 14.2 Å². The van der Waals surface area contributed by atoms with Crippen LogP contribution in [0, 0.1) is 13.8 Å². The van der Waals surface area contributed by atoms with Gasteiger partial charge in [0.1, 0.15) is 5.75 Å². The molecule has 0 fully saturated rings. The number of nitrogens with one attached hydrogen (secondary N) is 2. The molecule has 2 aromatic carbocycles. The van der Waals surface area contributed by atoms with Crippen LogP contribution >= 0.6 is 0 Å². The molecule has 1 heterocycles. The van der Waals surface area contributed by atoms with Gasteiger partial charge in [-0.2, -0.15) is 0 Å². The highest BCUT2D eigenvalue weighted by Gasteiger charge is 2.13. The van der Waals surface area contributed by atoms with E-state index >= 15 is 0 Å². The maximum atomic E-state index is 11.8. The molecule has 2 aromatic rings. The number of hydrogen-bond acceptors (Lipinski definition) is 4. The minimum Gasteiger partial charge on any atom is -0.473 e.